The molecule has 0 saturated heterocycles. The Bertz CT molecular complexity index is 785. The van der Waals surface area contributed by atoms with Gasteiger partial charge in [0.15, 0.2) is 11.8 Å². The Morgan fingerprint density at radius 1 is 1.20 bits per heavy atom. The van der Waals surface area contributed by atoms with Crippen molar-refractivity contribution in [1.82, 2.24) is 25.4 Å². The van der Waals surface area contributed by atoms with Crippen molar-refractivity contribution in [3.63, 3.8) is 0 Å². The summed E-state index contributed by atoms with van der Waals surface area (Å²) in [6, 6.07) is 7.90. The number of aryl methyl sites for hydroxylation is 1. The van der Waals surface area contributed by atoms with Crippen LogP contribution >= 0.6 is 0 Å². The predicted molar refractivity (Wildman–Crippen MR) is 119 cm³/mol. The van der Waals surface area contributed by atoms with Crippen LogP contribution in [0.1, 0.15) is 43.9 Å². The highest BCUT2D eigenvalue weighted by atomic mass is 16.5. The molecule has 3 N–H and O–H groups in total. The normalized spacial score (nSPS) is 12.8. The average Bonchev–Trinajstić information content (AvgIpc) is 3.05. The zero-order valence-corrected chi connectivity index (χ0v) is 18.9. The van der Waals surface area contributed by atoms with E-state index >= 15 is 0 Å². The van der Waals surface area contributed by atoms with Crippen LogP contribution in [0.3, 0.4) is 0 Å². The van der Waals surface area contributed by atoms with E-state index in [9.17, 15) is 5.11 Å². The Balaban J connectivity index is 2.05. The van der Waals surface area contributed by atoms with Crippen molar-refractivity contribution in [3.8, 4) is 5.75 Å². The molecule has 0 amide bonds. The van der Waals surface area contributed by atoms with E-state index in [0.29, 0.717) is 24.9 Å². The molecule has 2 rings (SSSR count). The molecule has 1 atom stereocenters. The zero-order chi connectivity index (χ0) is 21.9. The first-order valence-corrected chi connectivity index (χ1v) is 10.5. The molecular weight excluding hydrogens is 380 g/mol. The van der Waals surface area contributed by atoms with E-state index < -0.39 is 0 Å². The molecule has 8 heteroatoms. The van der Waals surface area contributed by atoms with Crippen molar-refractivity contribution in [2.24, 2.45) is 23.9 Å². The van der Waals surface area contributed by atoms with Gasteiger partial charge < -0.3 is 25.0 Å². The maximum absolute atomic E-state index is 9.39. The van der Waals surface area contributed by atoms with E-state index in [2.05, 4.69) is 34.7 Å². The van der Waals surface area contributed by atoms with Crippen LogP contribution in [0.25, 0.3) is 0 Å². The van der Waals surface area contributed by atoms with E-state index in [-0.39, 0.29) is 6.61 Å². The van der Waals surface area contributed by atoms with Crippen molar-refractivity contribution in [2.75, 3.05) is 20.3 Å². The van der Waals surface area contributed by atoms with Crippen molar-refractivity contribution in [1.29, 1.82) is 0 Å². The van der Waals surface area contributed by atoms with Crippen LogP contribution in [-0.4, -0.2) is 46.1 Å². The van der Waals surface area contributed by atoms with Crippen LogP contribution in [0.5, 0.6) is 5.75 Å². The number of aliphatic hydroxyl groups is 1. The van der Waals surface area contributed by atoms with Crippen LogP contribution in [0, 0.1) is 18.8 Å². The first-order chi connectivity index (χ1) is 14.4. The molecule has 0 aliphatic carbocycles. The Morgan fingerprint density at radius 2 is 1.93 bits per heavy atom. The summed E-state index contributed by atoms with van der Waals surface area (Å²) in [6.45, 7) is 8.37. The van der Waals surface area contributed by atoms with E-state index in [1.165, 1.54) is 0 Å². The topological polar surface area (TPSA) is 96.6 Å². The fraction of sp³-hybridized carbons (Fsp3) is 0.591. The third-order valence-corrected chi connectivity index (χ3v) is 5.08. The van der Waals surface area contributed by atoms with Gasteiger partial charge in [0.1, 0.15) is 11.6 Å². The van der Waals surface area contributed by atoms with E-state index in [4.69, 9.17) is 9.73 Å². The number of aromatic nitrogens is 3. The lowest BCUT2D eigenvalue weighted by molar-refractivity contribution is 0.243. The van der Waals surface area contributed by atoms with Crippen LogP contribution in [0.15, 0.2) is 29.3 Å². The van der Waals surface area contributed by atoms with Gasteiger partial charge in [-0.05, 0) is 49.3 Å². The number of rotatable bonds is 11. The third-order valence-electron chi connectivity index (χ3n) is 5.08. The molecule has 2 aromatic rings. The van der Waals surface area contributed by atoms with Gasteiger partial charge in [0.2, 0.25) is 0 Å². The van der Waals surface area contributed by atoms with Crippen LogP contribution in [0.4, 0.5) is 0 Å². The fourth-order valence-corrected chi connectivity index (χ4v) is 3.24. The summed E-state index contributed by atoms with van der Waals surface area (Å²) in [7, 11) is 3.61. The Morgan fingerprint density at radius 3 is 2.50 bits per heavy atom. The number of ether oxygens (including phenoxy) is 1. The van der Waals surface area contributed by atoms with Gasteiger partial charge in [-0.3, -0.25) is 0 Å². The van der Waals surface area contributed by atoms with E-state index in [1.807, 2.05) is 42.8 Å². The summed E-state index contributed by atoms with van der Waals surface area (Å²) >= 11 is 0. The first-order valence-electron chi connectivity index (χ1n) is 10.5. The summed E-state index contributed by atoms with van der Waals surface area (Å²) in [5.74, 6) is 4.24. The second-order valence-electron chi connectivity index (χ2n) is 7.98. The molecular formula is C22H36N6O2. The molecule has 8 nitrogen and oxygen atoms in total. The highest BCUT2D eigenvalue weighted by Gasteiger charge is 2.12. The molecule has 0 spiro atoms. The Labute approximate surface area is 179 Å². The zero-order valence-electron chi connectivity index (χ0n) is 18.9. The first kappa shape index (κ1) is 23.7. The van der Waals surface area contributed by atoms with Crippen molar-refractivity contribution in [2.45, 2.75) is 46.7 Å². The maximum Gasteiger partial charge on any atom is 0.191 e. The van der Waals surface area contributed by atoms with Crippen molar-refractivity contribution in [3.05, 3.63) is 41.5 Å². The van der Waals surface area contributed by atoms with Crippen LogP contribution in [-0.2, 0) is 20.1 Å². The van der Waals surface area contributed by atoms with Crippen LogP contribution < -0.4 is 15.4 Å². The summed E-state index contributed by atoms with van der Waals surface area (Å²) in [4.78, 5) is 4.75. The van der Waals surface area contributed by atoms with Gasteiger partial charge in [-0.15, -0.1) is 10.2 Å². The number of nitrogens with zero attached hydrogens (tertiary/aromatic N) is 4. The number of aliphatic hydroxyl groups excluding tert-OH is 1. The Hall–Kier alpha value is -2.61. The molecule has 0 radical (unpaired) electrons. The highest BCUT2D eigenvalue weighted by molar-refractivity contribution is 5.79. The molecule has 1 heterocycles. The predicted octanol–water partition coefficient (Wildman–Crippen LogP) is 2.41. The molecule has 1 unspecified atom stereocenters. The molecule has 0 bridgehead atoms. The molecule has 166 valence electrons. The second-order valence-corrected chi connectivity index (χ2v) is 7.98. The number of hydrogen-bond acceptors (Lipinski definition) is 5. The lowest BCUT2D eigenvalue weighted by Crippen LogP contribution is -2.40. The Kier molecular flexibility index (Phi) is 9.60. The fourth-order valence-electron chi connectivity index (χ4n) is 3.24. The van der Waals surface area contributed by atoms with Gasteiger partial charge in [0.25, 0.3) is 0 Å². The SMILES string of the molecule is COc1ccc(CN=C(NCc2nnc(C)n2C)NCC(CCO)CC(C)C)cc1. The minimum absolute atomic E-state index is 0.197. The number of hydrogen-bond donors (Lipinski definition) is 3. The molecule has 0 saturated carbocycles. The third kappa shape index (κ3) is 7.67. The molecule has 30 heavy (non-hydrogen) atoms. The summed E-state index contributed by atoms with van der Waals surface area (Å²) in [5, 5.41) is 24.5. The molecule has 0 aliphatic heterocycles. The number of methoxy groups -OCH3 is 1. The standard InChI is InChI=1S/C22H36N6O2/c1-16(2)12-19(10-11-29)14-24-22(25-15-21-27-26-17(3)28(21)4)23-13-18-6-8-20(30-5)9-7-18/h6-9,16,19,29H,10-15H2,1-5H3,(H2,23,24,25). The highest BCUT2D eigenvalue weighted by Crippen LogP contribution is 2.14. The second kappa shape index (κ2) is 12.2. The van der Waals surface area contributed by atoms with Crippen molar-refractivity contribution < 1.29 is 9.84 Å². The minimum Gasteiger partial charge on any atom is -0.497 e. The summed E-state index contributed by atoms with van der Waals surface area (Å²) in [5.41, 5.74) is 1.10. The lowest BCUT2D eigenvalue weighted by atomic mass is 9.94. The van der Waals surface area contributed by atoms with Crippen molar-refractivity contribution >= 4 is 5.96 Å². The quantitative estimate of drug-likeness (QED) is 0.385. The lowest BCUT2D eigenvalue weighted by Gasteiger charge is -2.20. The minimum atomic E-state index is 0.197. The summed E-state index contributed by atoms with van der Waals surface area (Å²) in [6.07, 6.45) is 1.83. The number of benzene rings is 1. The molecule has 1 aromatic heterocycles. The van der Waals surface area contributed by atoms with Gasteiger partial charge >= 0.3 is 0 Å². The monoisotopic (exact) mass is 416 g/mol. The maximum atomic E-state index is 9.39. The molecule has 0 fully saturated rings. The van der Waals surface area contributed by atoms with Crippen LogP contribution in [0.2, 0.25) is 0 Å². The van der Waals surface area contributed by atoms with E-state index in [1.54, 1.807) is 7.11 Å². The van der Waals surface area contributed by atoms with Gasteiger partial charge in [0.05, 0.1) is 20.2 Å². The van der Waals surface area contributed by atoms with Gasteiger partial charge in [-0.25, -0.2) is 4.99 Å². The smallest absolute Gasteiger partial charge is 0.191 e. The van der Waals surface area contributed by atoms with E-state index in [0.717, 1.165) is 48.3 Å². The van der Waals surface area contributed by atoms with Gasteiger partial charge in [-0.1, -0.05) is 26.0 Å². The average molecular weight is 417 g/mol. The summed E-state index contributed by atoms with van der Waals surface area (Å²) < 4.78 is 7.18. The largest absolute Gasteiger partial charge is 0.497 e. The van der Waals surface area contributed by atoms with Gasteiger partial charge in [0, 0.05) is 20.2 Å². The number of nitrogens with one attached hydrogen (secondary N) is 2. The molecule has 0 aliphatic rings. The number of guanidine groups is 1. The van der Waals surface area contributed by atoms with Gasteiger partial charge in [-0.2, -0.15) is 0 Å². The molecule has 1 aromatic carbocycles. The number of aliphatic imine (C=N–C) groups is 1.